The fourth-order valence-electron chi connectivity index (χ4n) is 1.46. The van der Waals surface area contributed by atoms with Gasteiger partial charge in [-0.15, -0.1) is 0 Å². The molecule has 98 valence electrons. The molecule has 18 heavy (non-hydrogen) atoms. The lowest BCUT2D eigenvalue weighted by Gasteiger charge is -2.09. The Bertz CT molecular complexity index is 413. The van der Waals surface area contributed by atoms with E-state index in [-0.39, 0.29) is 11.9 Å². The third-order valence-electron chi connectivity index (χ3n) is 2.63. The van der Waals surface area contributed by atoms with Crippen LogP contribution in [0.25, 0.3) is 6.08 Å². The highest BCUT2D eigenvalue weighted by molar-refractivity contribution is 5.92. The van der Waals surface area contributed by atoms with Crippen molar-refractivity contribution in [3.05, 3.63) is 35.9 Å². The van der Waals surface area contributed by atoms with Gasteiger partial charge in [0.05, 0.1) is 6.61 Å². The van der Waals surface area contributed by atoms with Crippen LogP contribution in [0, 0.1) is 0 Å². The lowest BCUT2D eigenvalue weighted by molar-refractivity contribution is -0.117. The Hall–Kier alpha value is -1.77. The van der Waals surface area contributed by atoms with Crippen molar-refractivity contribution in [3.8, 4) is 5.75 Å². The summed E-state index contributed by atoms with van der Waals surface area (Å²) < 4.78 is 5.49. The molecule has 1 aromatic rings. The normalized spacial score (nSPS) is 12.4. The van der Waals surface area contributed by atoms with Gasteiger partial charge in [0.25, 0.3) is 0 Å². The van der Waals surface area contributed by atoms with Crippen molar-refractivity contribution in [3.63, 3.8) is 0 Å². The zero-order chi connectivity index (χ0) is 13.4. The summed E-state index contributed by atoms with van der Waals surface area (Å²) in [6.07, 6.45) is 4.25. The predicted molar refractivity (Wildman–Crippen MR) is 74.5 cm³/mol. The molecule has 0 aliphatic heterocycles. The molecule has 0 radical (unpaired) electrons. The van der Waals surface area contributed by atoms with E-state index in [0.29, 0.717) is 6.61 Å². The smallest absolute Gasteiger partial charge is 0.244 e. The van der Waals surface area contributed by atoms with E-state index < -0.39 is 0 Å². The van der Waals surface area contributed by atoms with Gasteiger partial charge in [-0.1, -0.05) is 25.1 Å². The number of nitrogens with one attached hydrogen (secondary N) is 1. The quantitative estimate of drug-likeness (QED) is 0.785. The predicted octanol–water partition coefficient (Wildman–Crippen LogP) is 3.01. The molecule has 1 aromatic carbocycles. The summed E-state index contributed by atoms with van der Waals surface area (Å²) in [7, 11) is 0. The number of carbonyl (C=O) groups is 1. The molecule has 0 saturated heterocycles. The summed E-state index contributed by atoms with van der Waals surface area (Å²) in [6, 6.07) is 7.87. The molecule has 3 nitrogen and oxygen atoms in total. The van der Waals surface area contributed by atoms with Gasteiger partial charge in [0.2, 0.25) is 5.91 Å². The zero-order valence-electron chi connectivity index (χ0n) is 11.3. The molecule has 0 aliphatic rings. The minimum Gasteiger partial charge on any atom is -0.493 e. The topological polar surface area (TPSA) is 38.3 Å². The molecule has 0 aliphatic carbocycles. The maximum atomic E-state index is 11.6. The van der Waals surface area contributed by atoms with Crippen LogP contribution in [0.1, 0.15) is 32.8 Å². The van der Waals surface area contributed by atoms with Crippen LogP contribution in [0.4, 0.5) is 0 Å². The van der Waals surface area contributed by atoms with Crippen LogP contribution in [0.15, 0.2) is 30.3 Å². The first-order valence-corrected chi connectivity index (χ1v) is 6.37. The number of rotatable bonds is 6. The van der Waals surface area contributed by atoms with Gasteiger partial charge >= 0.3 is 0 Å². The third kappa shape index (κ3) is 4.62. The average molecular weight is 247 g/mol. The molecule has 1 amide bonds. The maximum Gasteiger partial charge on any atom is 0.244 e. The van der Waals surface area contributed by atoms with Crippen LogP contribution >= 0.6 is 0 Å². The highest BCUT2D eigenvalue weighted by atomic mass is 16.5. The highest BCUT2D eigenvalue weighted by Gasteiger charge is 2.02. The third-order valence-corrected chi connectivity index (χ3v) is 2.63. The molecule has 1 atom stereocenters. The second-order valence-electron chi connectivity index (χ2n) is 4.12. The Morgan fingerprint density at radius 3 is 2.78 bits per heavy atom. The van der Waals surface area contributed by atoms with Crippen molar-refractivity contribution in [2.45, 2.75) is 33.2 Å². The fraction of sp³-hybridized carbons (Fsp3) is 0.400. The first-order valence-electron chi connectivity index (χ1n) is 6.37. The number of hydrogen-bond donors (Lipinski definition) is 1. The van der Waals surface area contributed by atoms with E-state index >= 15 is 0 Å². The molecule has 1 rings (SSSR count). The van der Waals surface area contributed by atoms with Crippen molar-refractivity contribution in [1.29, 1.82) is 0 Å². The molecule has 0 aromatic heterocycles. The molecule has 0 unspecified atom stereocenters. The van der Waals surface area contributed by atoms with Crippen molar-refractivity contribution in [2.75, 3.05) is 6.61 Å². The van der Waals surface area contributed by atoms with Gasteiger partial charge < -0.3 is 10.1 Å². The summed E-state index contributed by atoms with van der Waals surface area (Å²) >= 11 is 0. The van der Waals surface area contributed by atoms with E-state index in [0.717, 1.165) is 17.7 Å². The summed E-state index contributed by atoms with van der Waals surface area (Å²) in [5, 5.41) is 2.88. The van der Waals surface area contributed by atoms with Gasteiger partial charge in [0, 0.05) is 17.7 Å². The first-order chi connectivity index (χ1) is 8.67. The largest absolute Gasteiger partial charge is 0.493 e. The van der Waals surface area contributed by atoms with Gasteiger partial charge in [-0.25, -0.2) is 0 Å². The Labute approximate surface area is 109 Å². The Morgan fingerprint density at radius 1 is 1.39 bits per heavy atom. The molecule has 0 bridgehead atoms. The monoisotopic (exact) mass is 247 g/mol. The van der Waals surface area contributed by atoms with E-state index in [1.807, 2.05) is 45.0 Å². The van der Waals surface area contributed by atoms with Crippen LogP contribution in [-0.2, 0) is 4.79 Å². The van der Waals surface area contributed by atoms with Crippen LogP contribution in [0.5, 0.6) is 5.75 Å². The van der Waals surface area contributed by atoms with Gasteiger partial charge in [0.15, 0.2) is 0 Å². The number of para-hydroxylation sites is 1. The summed E-state index contributed by atoms with van der Waals surface area (Å²) in [5.41, 5.74) is 0.915. The van der Waals surface area contributed by atoms with Crippen molar-refractivity contribution in [1.82, 2.24) is 5.32 Å². The van der Waals surface area contributed by atoms with Gasteiger partial charge in [-0.3, -0.25) is 4.79 Å². The average Bonchev–Trinajstić information content (AvgIpc) is 2.38. The van der Waals surface area contributed by atoms with Crippen LogP contribution < -0.4 is 10.1 Å². The SMILES string of the molecule is CCOc1ccccc1/C=C/C(=O)N[C@@H](C)CC. The minimum absolute atomic E-state index is 0.0735. The Balaban J connectivity index is 2.68. The number of ether oxygens (including phenoxy) is 1. The van der Waals surface area contributed by atoms with E-state index in [9.17, 15) is 4.79 Å². The van der Waals surface area contributed by atoms with Gasteiger partial charge in [-0.2, -0.15) is 0 Å². The molecule has 0 saturated carbocycles. The highest BCUT2D eigenvalue weighted by Crippen LogP contribution is 2.19. The van der Waals surface area contributed by atoms with E-state index in [4.69, 9.17) is 4.74 Å². The molecule has 0 spiro atoms. The van der Waals surface area contributed by atoms with E-state index in [1.165, 1.54) is 0 Å². The maximum absolute atomic E-state index is 11.6. The zero-order valence-corrected chi connectivity index (χ0v) is 11.3. The number of amides is 1. The van der Waals surface area contributed by atoms with Crippen molar-refractivity contribution in [2.24, 2.45) is 0 Å². The van der Waals surface area contributed by atoms with Crippen LogP contribution in [-0.4, -0.2) is 18.6 Å². The summed E-state index contributed by atoms with van der Waals surface area (Å²) in [6.45, 7) is 6.58. The van der Waals surface area contributed by atoms with Gasteiger partial charge in [-0.05, 0) is 32.4 Å². The Morgan fingerprint density at radius 2 is 2.11 bits per heavy atom. The molecule has 0 fully saturated rings. The van der Waals surface area contributed by atoms with Crippen LogP contribution in [0.2, 0.25) is 0 Å². The lowest BCUT2D eigenvalue weighted by Crippen LogP contribution is -2.30. The standard InChI is InChI=1S/C15H21NO2/c1-4-12(3)16-15(17)11-10-13-8-6-7-9-14(13)18-5-2/h6-12H,4-5H2,1-3H3,(H,16,17)/b11-10+/t12-/m0/s1. The number of benzene rings is 1. The summed E-state index contributed by atoms with van der Waals surface area (Å²) in [4.78, 5) is 11.6. The minimum atomic E-state index is -0.0735. The number of hydrogen-bond acceptors (Lipinski definition) is 2. The molecule has 0 heterocycles. The Kier molecular flexibility index (Phi) is 5.98. The second-order valence-corrected chi connectivity index (χ2v) is 4.12. The van der Waals surface area contributed by atoms with Crippen molar-refractivity contribution >= 4 is 12.0 Å². The summed E-state index contributed by atoms with van der Waals surface area (Å²) in [5.74, 6) is 0.725. The number of carbonyl (C=O) groups excluding carboxylic acids is 1. The fourth-order valence-corrected chi connectivity index (χ4v) is 1.46. The van der Waals surface area contributed by atoms with E-state index in [2.05, 4.69) is 5.32 Å². The molecular weight excluding hydrogens is 226 g/mol. The van der Waals surface area contributed by atoms with Crippen LogP contribution in [0.3, 0.4) is 0 Å². The van der Waals surface area contributed by atoms with Gasteiger partial charge in [0.1, 0.15) is 5.75 Å². The molecule has 3 heteroatoms. The lowest BCUT2D eigenvalue weighted by atomic mass is 10.2. The first kappa shape index (κ1) is 14.3. The van der Waals surface area contributed by atoms with Crippen molar-refractivity contribution < 1.29 is 9.53 Å². The second kappa shape index (κ2) is 7.54. The molecular formula is C15H21NO2. The molecule has 1 N–H and O–H groups in total. The van der Waals surface area contributed by atoms with E-state index in [1.54, 1.807) is 12.2 Å².